The Morgan fingerprint density at radius 1 is 0.767 bits per heavy atom. The van der Waals surface area contributed by atoms with E-state index in [0.717, 1.165) is 30.5 Å². The predicted octanol–water partition coefficient (Wildman–Crippen LogP) is 2.79. The maximum absolute atomic E-state index is 3.50. The Bertz CT molecular complexity index is 1220. The molecule has 0 fully saturated rings. The van der Waals surface area contributed by atoms with Crippen LogP contribution in [-0.2, 0) is 19.6 Å². The summed E-state index contributed by atoms with van der Waals surface area (Å²) in [6.07, 6.45) is 7.62. The van der Waals surface area contributed by atoms with Crippen molar-refractivity contribution < 1.29 is 21.5 Å². The number of halogens is 2. The molecule has 2 aromatic heterocycles. The van der Waals surface area contributed by atoms with Crippen LogP contribution in [0.2, 0.25) is 0 Å². The van der Waals surface area contributed by atoms with Crippen molar-refractivity contribution in [3.63, 3.8) is 0 Å². The van der Waals surface area contributed by atoms with Crippen LogP contribution in [-0.4, -0.2) is 9.13 Å². The molecular weight excluding hydrogens is 502 g/mol. The van der Waals surface area contributed by atoms with Gasteiger partial charge in [-0.3, -0.25) is 0 Å². The smallest absolute Gasteiger partial charge is 0.244 e. The van der Waals surface area contributed by atoms with Crippen LogP contribution in [0.4, 0.5) is 0 Å². The fourth-order valence-corrected chi connectivity index (χ4v) is 4.39. The molecule has 5 heteroatoms. The van der Waals surface area contributed by atoms with Crippen LogP contribution in [0.5, 0.6) is 0 Å². The Labute approximate surface area is 195 Å². The van der Waals surface area contributed by atoms with Crippen LogP contribution in [0.3, 0.4) is 0 Å². The fraction of sp³-hybridized carbons (Fsp3) is 0.160. The Morgan fingerprint density at radius 2 is 1.40 bits per heavy atom. The van der Waals surface area contributed by atoms with Crippen molar-refractivity contribution in [2.75, 3.05) is 0 Å². The third-order valence-electron chi connectivity index (χ3n) is 5.50. The molecule has 0 aliphatic rings. The molecule has 0 saturated heterocycles. The van der Waals surface area contributed by atoms with Crippen molar-refractivity contribution in [3.8, 4) is 0 Å². The first-order valence-corrected chi connectivity index (χ1v) is 10.8. The lowest BCUT2D eigenvalue weighted by molar-refractivity contribution is -0.687. The lowest BCUT2D eigenvalue weighted by atomic mass is 10.2. The zero-order valence-electron chi connectivity index (χ0n) is 16.6. The minimum absolute atomic E-state index is 0. The number of aromatic nitrogens is 3. The Hall–Kier alpha value is -2.37. The van der Waals surface area contributed by atoms with E-state index in [1.165, 1.54) is 27.4 Å². The lowest BCUT2D eigenvalue weighted by Gasteiger charge is -2.06. The van der Waals surface area contributed by atoms with Crippen molar-refractivity contribution in [2.45, 2.75) is 26.1 Å². The van der Waals surface area contributed by atoms with Crippen molar-refractivity contribution in [2.24, 2.45) is 0 Å². The molecule has 152 valence electrons. The van der Waals surface area contributed by atoms with Gasteiger partial charge in [0.1, 0.15) is 18.9 Å². The van der Waals surface area contributed by atoms with Gasteiger partial charge in [0.2, 0.25) is 6.33 Å². The number of nitrogens with zero attached hydrogens (tertiary/aromatic N) is 3. The SMILES string of the molecule is Brc1ccc(C[n+]2ccn(CCCn3c4ccccc4c4ccccc43)c2)cc1.[Br-]. The molecule has 0 aliphatic heterocycles. The van der Waals surface area contributed by atoms with E-state index < -0.39 is 0 Å². The highest BCUT2D eigenvalue weighted by molar-refractivity contribution is 9.10. The highest BCUT2D eigenvalue weighted by Gasteiger charge is 2.10. The molecule has 0 N–H and O–H groups in total. The maximum Gasteiger partial charge on any atom is 0.244 e. The molecule has 0 unspecified atom stereocenters. The highest BCUT2D eigenvalue weighted by Crippen LogP contribution is 2.28. The number of fused-ring (bicyclic) bond motifs is 3. The summed E-state index contributed by atoms with van der Waals surface area (Å²) in [4.78, 5) is 0. The summed E-state index contributed by atoms with van der Waals surface area (Å²) in [5.41, 5.74) is 3.96. The number of aryl methyl sites for hydroxylation is 2. The van der Waals surface area contributed by atoms with Crippen molar-refractivity contribution in [1.82, 2.24) is 9.13 Å². The zero-order chi connectivity index (χ0) is 19.6. The maximum atomic E-state index is 3.50. The van der Waals surface area contributed by atoms with Crippen molar-refractivity contribution in [1.29, 1.82) is 0 Å². The minimum atomic E-state index is 0. The number of hydrogen-bond donors (Lipinski definition) is 0. The first-order valence-electron chi connectivity index (χ1n) is 10.0. The van der Waals surface area contributed by atoms with Gasteiger partial charge in [0.25, 0.3) is 0 Å². The average molecular weight is 525 g/mol. The van der Waals surface area contributed by atoms with Gasteiger partial charge in [-0.05, 0) is 29.8 Å². The topological polar surface area (TPSA) is 13.7 Å². The first kappa shape index (κ1) is 20.9. The Kier molecular flexibility index (Phi) is 6.40. The van der Waals surface area contributed by atoms with Gasteiger partial charge >= 0.3 is 0 Å². The number of imidazole rings is 1. The summed E-state index contributed by atoms with van der Waals surface area (Å²) in [6.45, 7) is 2.92. The second-order valence-electron chi connectivity index (χ2n) is 7.49. The molecule has 3 aromatic carbocycles. The van der Waals surface area contributed by atoms with Gasteiger partial charge in [0, 0.05) is 39.2 Å². The van der Waals surface area contributed by atoms with E-state index in [1.807, 2.05) is 0 Å². The minimum Gasteiger partial charge on any atom is -1.00 e. The van der Waals surface area contributed by atoms with Gasteiger partial charge in [-0.2, -0.15) is 0 Å². The summed E-state index contributed by atoms with van der Waals surface area (Å²) < 4.78 is 8.11. The van der Waals surface area contributed by atoms with Crippen LogP contribution >= 0.6 is 15.9 Å². The van der Waals surface area contributed by atoms with Crippen molar-refractivity contribution in [3.05, 3.63) is 102 Å². The second kappa shape index (κ2) is 9.19. The van der Waals surface area contributed by atoms with E-state index in [4.69, 9.17) is 0 Å². The summed E-state index contributed by atoms with van der Waals surface area (Å²) >= 11 is 3.50. The van der Waals surface area contributed by atoms with Crippen LogP contribution < -0.4 is 21.5 Å². The molecule has 0 bridgehead atoms. The number of benzene rings is 3. The normalized spacial score (nSPS) is 11.1. The molecule has 0 aliphatic carbocycles. The Morgan fingerprint density at radius 3 is 2.07 bits per heavy atom. The van der Waals surface area contributed by atoms with Crippen molar-refractivity contribution >= 4 is 37.7 Å². The summed E-state index contributed by atoms with van der Waals surface area (Å²) in [7, 11) is 0. The summed E-state index contributed by atoms with van der Waals surface area (Å²) in [5, 5.41) is 2.69. The fourth-order valence-electron chi connectivity index (χ4n) is 4.12. The molecule has 5 rings (SSSR count). The molecule has 30 heavy (non-hydrogen) atoms. The van der Waals surface area contributed by atoms with Gasteiger partial charge in [-0.25, -0.2) is 9.13 Å². The van der Waals surface area contributed by atoms with E-state index >= 15 is 0 Å². The summed E-state index contributed by atoms with van der Waals surface area (Å²) in [5.74, 6) is 0. The molecule has 0 saturated carbocycles. The van der Waals surface area contributed by atoms with Crippen LogP contribution in [0.25, 0.3) is 21.8 Å². The molecule has 2 heterocycles. The van der Waals surface area contributed by atoms with Gasteiger partial charge in [0.15, 0.2) is 0 Å². The van der Waals surface area contributed by atoms with Gasteiger partial charge in [0.05, 0.1) is 6.54 Å². The monoisotopic (exact) mass is 523 g/mol. The van der Waals surface area contributed by atoms with E-state index in [2.05, 4.69) is 121 Å². The van der Waals surface area contributed by atoms with E-state index in [-0.39, 0.29) is 17.0 Å². The number of hydrogen-bond acceptors (Lipinski definition) is 0. The van der Waals surface area contributed by atoms with Crippen LogP contribution in [0.1, 0.15) is 12.0 Å². The van der Waals surface area contributed by atoms with E-state index in [1.54, 1.807) is 0 Å². The zero-order valence-corrected chi connectivity index (χ0v) is 19.8. The van der Waals surface area contributed by atoms with Gasteiger partial charge < -0.3 is 21.5 Å². The first-order chi connectivity index (χ1) is 14.3. The molecular formula is C25H23Br2N3. The standard InChI is InChI=1S/C25H23BrN3.BrH/c26-21-12-10-20(11-13-21)18-28-17-16-27(19-28)14-5-15-29-24-8-3-1-6-22(24)23-7-2-4-9-25(23)29;/h1-4,6-13,16-17,19H,5,14-15,18H2;1H/q+1;/p-1. The second-order valence-corrected chi connectivity index (χ2v) is 8.41. The lowest BCUT2D eigenvalue weighted by Crippen LogP contribution is -3.00. The molecule has 0 radical (unpaired) electrons. The average Bonchev–Trinajstić information content (AvgIpc) is 3.33. The van der Waals surface area contributed by atoms with E-state index in [9.17, 15) is 0 Å². The van der Waals surface area contributed by atoms with Crippen LogP contribution in [0.15, 0.2) is 96.0 Å². The molecule has 0 atom stereocenters. The van der Waals surface area contributed by atoms with Gasteiger partial charge in [-0.1, -0.05) is 64.5 Å². The third-order valence-corrected chi connectivity index (χ3v) is 6.03. The largest absolute Gasteiger partial charge is 1.00 e. The molecule has 0 spiro atoms. The van der Waals surface area contributed by atoms with E-state index in [0.29, 0.717) is 0 Å². The predicted molar refractivity (Wildman–Crippen MR) is 122 cm³/mol. The van der Waals surface area contributed by atoms with Crippen LogP contribution in [0, 0.1) is 0 Å². The Balaban J connectivity index is 0.00000218. The van der Waals surface area contributed by atoms with Gasteiger partial charge in [-0.15, -0.1) is 0 Å². The third kappa shape index (κ3) is 4.23. The summed E-state index contributed by atoms with van der Waals surface area (Å²) in [6, 6.07) is 26.0. The molecule has 5 aromatic rings. The quantitative estimate of drug-likeness (QED) is 0.303. The highest BCUT2D eigenvalue weighted by atomic mass is 79.9. The number of para-hydroxylation sites is 2. The number of rotatable bonds is 6. The molecule has 0 amide bonds. The molecule has 3 nitrogen and oxygen atoms in total.